The lowest BCUT2D eigenvalue weighted by atomic mass is 10.1. The molecule has 1 atom stereocenters. The molecule has 0 aliphatic carbocycles. The molecule has 0 saturated heterocycles. The first kappa shape index (κ1) is 13.5. The number of ether oxygens (including phenoxy) is 2. The van der Waals surface area contributed by atoms with Crippen molar-refractivity contribution in [3.05, 3.63) is 28.2 Å². The molecular weight excluding hydrogens is 272 g/mol. The summed E-state index contributed by atoms with van der Waals surface area (Å²) in [6, 6.07) is 5.87. The van der Waals surface area contributed by atoms with E-state index in [1.54, 1.807) is 14.2 Å². The summed E-state index contributed by atoms with van der Waals surface area (Å²) in [7, 11) is 3.24. The van der Waals surface area contributed by atoms with Gasteiger partial charge in [0.25, 0.3) is 0 Å². The Balaban J connectivity index is 2.61. The molecule has 0 aliphatic heterocycles. The Kier molecular flexibility index (Phi) is 5.80. The van der Waals surface area contributed by atoms with Gasteiger partial charge in [0.05, 0.1) is 19.8 Å². The minimum absolute atomic E-state index is 0.371. The highest BCUT2D eigenvalue weighted by atomic mass is 79.9. The van der Waals surface area contributed by atoms with E-state index in [4.69, 9.17) is 9.47 Å². The third-order valence-electron chi connectivity index (χ3n) is 2.35. The van der Waals surface area contributed by atoms with Crippen LogP contribution < -0.4 is 4.74 Å². The number of halogens is 1. The Labute approximate surface area is 105 Å². The molecule has 0 aromatic heterocycles. The van der Waals surface area contributed by atoms with Crippen LogP contribution in [0.5, 0.6) is 5.75 Å². The number of aliphatic hydroxyl groups is 1. The van der Waals surface area contributed by atoms with Gasteiger partial charge in [0.2, 0.25) is 0 Å². The van der Waals surface area contributed by atoms with Crippen molar-refractivity contribution in [3.8, 4) is 5.75 Å². The largest absolute Gasteiger partial charge is 0.496 e. The number of aliphatic hydroxyl groups excluding tert-OH is 1. The average Bonchev–Trinajstić information content (AvgIpc) is 2.27. The molecule has 0 spiro atoms. The fourth-order valence-electron chi connectivity index (χ4n) is 1.54. The molecule has 90 valence electrons. The minimum atomic E-state index is -0.423. The Morgan fingerprint density at radius 1 is 1.38 bits per heavy atom. The Morgan fingerprint density at radius 3 is 2.75 bits per heavy atom. The summed E-state index contributed by atoms with van der Waals surface area (Å²) in [4.78, 5) is 0. The van der Waals surface area contributed by atoms with Gasteiger partial charge >= 0.3 is 0 Å². The molecule has 0 fully saturated rings. The monoisotopic (exact) mass is 288 g/mol. The quantitative estimate of drug-likeness (QED) is 0.874. The fourth-order valence-corrected chi connectivity index (χ4v) is 1.95. The summed E-state index contributed by atoms with van der Waals surface area (Å²) in [5, 5.41) is 9.57. The van der Waals surface area contributed by atoms with Crippen LogP contribution >= 0.6 is 15.9 Å². The maximum Gasteiger partial charge on any atom is 0.122 e. The van der Waals surface area contributed by atoms with Crippen molar-refractivity contribution in [2.24, 2.45) is 0 Å². The molecular formula is C12H17BrO3. The van der Waals surface area contributed by atoms with Gasteiger partial charge in [-0.25, -0.2) is 0 Å². The zero-order valence-corrected chi connectivity index (χ0v) is 11.2. The topological polar surface area (TPSA) is 38.7 Å². The van der Waals surface area contributed by atoms with Crippen molar-refractivity contribution in [2.75, 3.05) is 20.8 Å². The van der Waals surface area contributed by atoms with Crippen LogP contribution in [0.25, 0.3) is 0 Å². The molecule has 3 nitrogen and oxygen atoms in total. The predicted octanol–water partition coefficient (Wildman–Crippen LogP) is 2.40. The van der Waals surface area contributed by atoms with Crippen molar-refractivity contribution in [2.45, 2.75) is 18.9 Å². The van der Waals surface area contributed by atoms with Crippen molar-refractivity contribution >= 4 is 15.9 Å². The molecule has 0 radical (unpaired) electrons. The van der Waals surface area contributed by atoms with Crippen LogP contribution in [0.2, 0.25) is 0 Å². The maximum atomic E-state index is 9.57. The van der Waals surface area contributed by atoms with Crippen molar-refractivity contribution in [3.63, 3.8) is 0 Å². The summed E-state index contributed by atoms with van der Waals surface area (Å²) >= 11 is 3.42. The first-order valence-corrected chi connectivity index (χ1v) is 5.96. The molecule has 0 amide bonds. The summed E-state index contributed by atoms with van der Waals surface area (Å²) in [5.74, 6) is 0.854. The highest BCUT2D eigenvalue weighted by Gasteiger charge is 2.08. The summed E-state index contributed by atoms with van der Waals surface area (Å²) < 4.78 is 11.2. The van der Waals surface area contributed by atoms with E-state index in [0.717, 1.165) is 22.2 Å². The van der Waals surface area contributed by atoms with Crippen LogP contribution in [0.4, 0.5) is 0 Å². The summed E-state index contributed by atoms with van der Waals surface area (Å²) in [5.41, 5.74) is 1.09. The number of rotatable bonds is 6. The molecule has 1 unspecified atom stereocenters. The molecule has 1 aromatic carbocycles. The van der Waals surface area contributed by atoms with Crippen LogP contribution in [0.3, 0.4) is 0 Å². The second-order valence-electron chi connectivity index (χ2n) is 3.60. The first-order valence-electron chi connectivity index (χ1n) is 5.16. The molecule has 1 aromatic rings. The third-order valence-corrected chi connectivity index (χ3v) is 2.84. The molecule has 16 heavy (non-hydrogen) atoms. The van der Waals surface area contributed by atoms with E-state index in [0.29, 0.717) is 13.0 Å². The van der Waals surface area contributed by atoms with Crippen LogP contribution in [-0.2, 0) is 11.2 Å². The number of hydrogen-bond acceptors (Lipinski definition) is 3. The molecule has 0 bridgehead atoms. The van der Waals surface area contributed by atoms with Gasteiger partial charge in [0.15, 0.2) is 0 Å². The zero-order valence-electron chi connectivity index (χ0n) is 9.57. The lowest BCUT2D eigenvalue weighted by Gasteiger charge is -2.12. The molecule has 0 saturated carbocycles. The molecule has 0 heterocycles. The number of benzene rings is 1. The van der Waals surface area contributed by atoms with Crippen LogP contribution in [0.1, 0.15) is 12.0 Å². The third kappa shape index (κ3) is 4.12. The molecule has 1 N–H and O–H groups in total. The van der Waals surface area contributed by atoms with E-state index in [9.17, 15) is 5.11 Å². The summed E-state index contributed by atoms with van der Waals surface area (Å²) in [6.07, 6.45) is 1.02. The fraction of sp³-hybridized carbons (Fsp3) is 0.500. The minimum Gasteiger partial charge on any atom is -0.496 e. The Hall–Kier alpha value is -0.580. The van der Waals surface area contributed by atoms with E-state index < -0.39 is 6.10 Å². The standard InChI is InChI=1S/C12H17BrO3/c1-15-8-11(14)5-3-9-7-10(13)4-6-12(9)16-2/h4,6-7,11,14H,3,5,8H2,1-2H3. The van der Waals surface area contributed by atoms with Crippen molar-refractivity contribution < 1.29 is 14.6 Å². The van der Waals surface area contributed by atoms with Gasteiger partial charge in [0.1, 0.15) is 5.75 Å². The average molecular weight is 289 g/mol. The van der Waals surface area contributed by atoms with E-state index in [1.807, 2.05) is 18.2 Å². The van der Waals surface area contributed by atoms with Crippen LogP contribution in [0.15, 0.2) is 22.7 Å². The van der Waals surface area contributed by atoms with Gasteiger partial charge in [-0.3, -0.25) is 0 Å². The first-order chi connectivity index (χ1) is 7.67. The second kappa shape index (κ2) is 6.89. The highest BCUT2D eigenvalue weighted by molar-refractivity contribution is 9.10. The SMILES string of the molecule is COCC(O)CCc1cc(Br)ccc1OC. The van der Waals surface area contributed by atoms with E-state index >= 15 is 0 Å². The van der Waals surface area contributed by atoms with Gasteiger partial charge in [-0.05, 0) is 36.6 Å². The van der Waals surface area contributed by atoms with Gasteiger partial charge in [0, 0.05) is 11.6 Å². The predicted molar refractivity (Wildman–Crippen MR) is 66.9 cm³/mol. The Morgan fingerprint density at radius 2 is 2.12 bits per heavy atom. The van der Waals surface area contributed by atoms with Crippen LogP contribution in [0, 0.1) is 0 Å². The zero-order chi connectivity index (χ0) is 12.0. The van der Waals surface area contributed by atoms with Crippen LogP contribution in [-0.4, -0.2) is 32.0 Å². The summed E-state index contributed by atoms with van der Waals surface area (Å²) in [6.45, 7) is 0.371. The van der Waals surface area contributed by atoms with Crippen molar-refractivity contribution in [1.29, 1.82) is 0 Å². The lowest BCUT2D eigenvalue weighted by Crippen LogP contribution is -2.14. The number of aryl methyl sites for hydroxylation is 1. The highest BCUT2D eigenvalue weighted by Crippen LogP contribution is 2.24. The van der Waals surface area contributed by atoms with Gasteiger partial charge < -0.3 is 14.6 Å². The van der Waals surface area contributed by atoms with E-state index in [2.05, 4.69) is 15.9 Å². The van der Waals surface area contributed by atoms with Gasteiger partial charge in [-0.2, -0.15) is 0 Å². The van der Waals surface area contributed by atoms with Crippen molar-refractivity contribution in [1.82, 2.24) is 0 Å². The number of hydrogen-bond donors (Lipinski definition) is 1. The normalized spacial score (nSPS) is 12.5. The molecule has 1 rings (SSSR count). The molecule has 4 heteroatoms. The van der Waals surface area contributed by atoms with E-state index in [1.165, 1.54) is 0 Å². The van der Waals surface area contributed by atoms with E-state index in [-0.39, 0.29) is 0 Å². The Bertz CT molecular complexity index is 328. The maximum absolute atomic E-state index is 9.57. The number of methoxy groups -OCH3 is 2. The van der Waals surface area contributed by atoms with Gasteiger partial charge in [-0.1, -0.05) is 15.9 Å². The van der Waals surface area contributed by atoms with Gasteiger partial charge in [-0.15, -0.1) is 0 Å². The molecule has 0 aliphatic rings. The lowest BCUT2D eigenvalue weighted by molar-refractivity contribution is 0.0594. The second-order valence-corrected chi connectivity index (χ2v) is 4.52. The smallest absolute Gasteiger partial charge is 0.122 e.